The van der Waals surface area contributed by atoms with E-state index in [1.165, 1.54) is 29.8 Å². The summed E-state index contributed by atoms with van der Waals surface area (Å²) in [5.41, 5.74) is 3.43. The summed E-state index contributed by atoms with van der Waals surface area (Å²) < 4.78 is 25.0. The second-order valence-corrected chi connectivity index (χ2v) is 12.0. The molecule has 4 aromatic heterocycles. The molecule has 0 unspecified atom stereocenters. The lowest BCUT2D eigenvalue weighted by atomic mass is 10.1. The SMILES string of the molecule is CS(=O)(=O)c1ccc(CNC(=O)c2cccn3c(C(=O)N[C@@H](CO)Cc4cnc[nH]4)c(-c4ccsc4)nc23)cc1. The second kappa shape index (κ2) is 11.4. The number of fused-ring (bicyclic) bond motifs is 1. The maximum atomic E-state index is 13.6. The minimum absolute atomic E-state index is 0.168. The first-order chi connectivity index (χ1) is 19.2. The number of nitrogens with zero attached hydrogens (tertiary/aromatic N) is 3. The number of pyridine rings is 1. The number of thiophene rings is 1. The Balaban J connectivity index is 1.44. The van der Waals surface area contributed by atoms with E-state index in [9.17, 15) is 23.1 Å². The lowest BCUT2D eigenvalue weighted by Gasteiger charge is -2.16. The van der Waals surface area contributed by atoms with Crippen molar-refractivity contribution >= 4 is 38.6 Å². The molecule has 13 heteroatoms. The van der Waals surface area contributed by atoms with Crippen LogP contribution in [0.2, 0.25) is 0 Å². The summed E-state index contributed by atoms with van der Waals surface area (Å²) in [5.74, 6) is -0.852. The molecule has 1 aromatic carbocycles. The maximum absolute atomic E-state index is 13.6. The quantitative estimate of drug-likeness (QED) is 0.198. The van der Waals surface area contributed by atoms with Crippen LogP contribution in [0.3, 0.4) is 0 Å². The molecular weight excluding hydrogens is 552 g/mol. The standard InChI is InChI=1S/C27H26N6O5S2/c1-40(37,38)21-6-4-17(5-7-21)12-29-26(35)22-3-2-9-33-24(23(32-25(22)33)18-8-10-39-15-18)27(36)31-20(14-34)11-19-13-28-16-30-19/h2-10,13,15-16,20,34H,11-12,14H2,1H3,(H,28,30)(H,29,35)(H,31,36)/t20-/m1/s1. The normalized spacial score (nSPS) is 12.3. The van der Waals surface area contributed by atoms with Crippen molar-refractivity contribution < 1.29 is 23.1 Å². The molecule has 0 radical (unpaired) electrons. The summed E-state index contributed by atoms with van der Waals surface area (Å²) in [5, 5.41) is 19.4. The van der Waals surface area contributed by atoms with Crippen molar-refractivity contribution in [1.82, 2.24) is 30.0 Å². The molecule has 0 aliphatic carbocycles. The zero-order valence-electron chi connectivity index (χ0n) is 21.4. The van der Waals surface area contributed by atoms with Crippen molar-refractivity contribution in [2.45, 2.75) is 23.9 Å². The molecule has 11 nitrogen and oxygen atoms in total. The number of carbonyl (C=O) groups excluding carboxylic acids is 2. The lowest BCUT2D eigenvalue weighted by molar-refractivity contribution is 0.0908. The molecule has 0 aliphatic heterocycles. The molecule has 0 saturated carbocycles. The summed E-state index contributed by atoms with van der Waals surface area (Å²) in [7, 11) is -3.32. The number of aliphatic hydroxyl groups excluding tert-OH is 1. The predicted molar refractivity (Wildman–Crippen MR) is 150 cm³/mol. The Labute approximate surface area is 233 Å². The molecule has 0 spiro atoms. The molecule has 4 N–H and O–H groups in total. The van der Waals surface area contributed by atoms with Crippen molar-refractivity contribution in [2.75, 3.05) is 12.9 Å². The summed E-state index contributed by atoms with van der Waals surface area (Å²) in [6.07, 6.45) is 6.31. The highest BCUT2D eigenvalue weighted by molar-refractivity contribution is 7.90. The van der Waals surface area contributed by atoms with E-state index in [2.05, 4.69) is 20.6 Å². The predicted octanol–water partition coefficient (Wildman–Crippen LogP) is 2.45. The molecule has 0 fully saturated rings. The van der Waals surface area contributed by atoms with Gasteiger partial charge in [-0.1, -0.05) is 12.1 Å². The summed E-state index contributed by atoms with van der Waals surface area (Å²) in [4.78, 5) is 38.7. The van der Waals surface area contributed by atoms with E-state index in [4.69, 9.17) is 4.98 Å². The third-order valence-corrected chi connectivity index (χ3v) is 8.10. The third-order valence-electron chi connectivity index (χ3n) is 6.29. The van der Waals surface area contributed by atoms with Gasteiger partial charge in [-0.15, -0.1) is 0 Å². The van der Waals surface area contributed by atoms with Crippen LogP contribution in [0.4, 0.5) is 0 Å². The van der Waals surface area contributed by atoms with Gasteiger partial charge < -0.3 is 20.7 Å². The van der Waals surface area contributed by atoms with Crippen molar-refractivity contribution in [1.29, 1.82) is 0 Å². The Morgan fingerprint density at radius 1 is 1.15 bits per heavy atom. The third kappa shape index (κ3) is 5.81. The molecule has 40 heavy (non-hydrogen) atoms. The van der Waals surface area contributed by atoms with Gasteiger partial charge in [-0.3, -0.25) is 14.0 Å². The molecule has 4 heterocycles. The number of carbonyl (C=O) groups is 2. The monoisotopic (exact) mass is 578 g/mol. The van der Waals surface area contributed by atoms with Crippen LogP contribution in [0.1, 0.15) is 32.1 Å². The fraction of sp³-hybridized carbons (Fsp3) is 0.185. The van der Waals surface area contributed by atoms with Gasteiger partial charge in [-0.05, 0) is 41.3 Å². The van der Waals surface area contributed by atoms with E-state index in [0.29, 0.717) is 17.8 Å². The highest BCUT2D eigenvalue weighted by atomic mass is 32.2. The number of amides is 2. The van der Waals surface area contributed by atoms with Gasteiger partial charge in [0.1, 0.15) is 11.4 Å². The Kier molecular flexibility index (Phi) is 7.78. The Morgan fingerprint density at radius 3 is 2.60 bits per heavy atom. The first kappa shape index (κ1) is 27.2. The number of rotatable bonds is 10. The number of hydrogen-bond acceptors (Lipinski definition) is 8. The molecule has 0 saturated heterocycles. The molecule has 1 atom stereocenters. The van der Waals surface area contributed by atoms with E-state index >= 15 is 0 Å². The van der Waals surface area contributed by atoms with Gasteiger partial charge in [-0.2, -0.15) is 11.3 Å². The van der Waals surface area contributed by atoms with Crippen LogP contribution in [0.5, 0.6) is 0 Å². The minimum Gasteiger partial charge on any atom is -0.394 e. The Morgan fingerprint density at radius 2 is 1.95 bits per heavy atom. The zero-order valence-corrected chi connectivity index (χ0v) is 23.0. The van der Waals surface area contributed by atoms with Crippen LogP contribution < -0.4 is 10.6 Å². The van der Waals surface area contributed by atoms with Crippen LogP contribution in [0.25, 0.3) is 16.9 Å². The van der Waals surface area contributed by atoms with E-state index < -0.39 is 27.7 Å². The van der Waals surface area contributed by atoms with Crippen LogP contribution >= 0.6 is 11.3 Å². The average Bonchev–Trinajstić information content (AvgIpc) is 3.71. The summed E-state index contributed by atoms with van der Waals surface area (Å²) >= 11 is 1.46. The molecule has 5 rings (SSSR count). The minimum atomic E-state index is -3.32. The highest BCUT2D eigenvalue weighted by Crippen LogP contribution is 2.28. The van der Waals surface area contributed by atoms with Gasteiger partial charge in [-0.25, -0.2) is 18.4 Å². The van der Waals surface area contributed by atoms with Gasteiger partial charge in [0, 0.05) is 48.3 Å². The van der Waals surface area contributed by atoms with Crippen LogP contribution in [0, 0.1) is 0 Å². The Bertz CT molecular complexity index is 1750. The number of aromatic amines is 1. The van der Waals surface area contributed by atoms with Crippen molar-refractivity contribution in [2.24, 2.45) is 0 Å². The molecule has 0 bridgehead atoms. The topological polar surface area (TPSA) is 159 Å². The van der Waals surface area contributed by atoms with E-state index in [-0.39, 0.29) is 29.3 Å². The number of imidazole rings is 2. The fourth-order valence-corrected chi connectivity index (χ4v) is 5.54. The number of benzene rings is 1. The largest absolute Gasteiger partial charge is 0.394 e. The highest BCUT2D eigenvalue weighted by Gasteiger charge is 2.25. The number of nitrogens with one attached hydrogen (secondary N) is 3. The number of aliphatic hydroxyl groups is 1. The van der Waals surface area contributed by atoms with Crippen molar-refractivity contribution in [3.8, 4) is 11.3 Å². The van der Waals surface area contributed by atoms with Gasteiger partial charge in [0.05, 0.1) is 29.4 Å². The molecule has 2 amide bonds. The summed E-state index contributed by atoms with van der Waals surface area (Å²) in [6.45, 7) is -0.116. The van der Waals surface area contributed by atoms with Gasteiger partial charge >= 0.3 is 0 Å². The van der Waals surface area contributed by atoms with Gasteiger partial charge in [0.25, 0.3) is 11.8 Å². The fourth-order valence-electron chi connectivity index (χ4n) is 4.27. The first-order valence-electron chi connectivity index (χ1n) is 12.2. The Hall–Kier alpha value is -4.33. The summed E-state index contributed by atoms with van der Waals surface area (Å²) in [6, 6.07) is 10.8. The molecule has 206 valence electrons. The van der Waals surface area contributed by atoms with Gasteiger partial charge in [0.15, 0.2) is 15.5 Å². The van der Waals surface area contributed by atoms with Gasteiger partial charge in [0.2, 0.25) is 0 Å². The number of aromatic nitrogens is 4. The number of H-pyrrole nitrogens is 1. The second-order valence-electron chi connectivity index (χ2n) is 9.17. The van der Waals surface area contributed by atoms with Crippen molar-refractivity contribution in [3.05, 3.63) is 94.5 Å². The van der Waals surface area contributed by atoms with E-state index in [1.54, 1.807) is 41.1 Å². The number of hydrogen-bond donors (Lipinski definition) is 4. The molecule has 5 aromatic rings. The lowest BCUT2D eigenvalue weighted by Crippen LogP contribution is -2.39. The van der Waals surface area contributed by atoms with E-state index in [0.717, 1.165) is 23.1 Å². The van der Waals surface area contributed by atoms with Crippen molar-refractivity contribution in [3.63, 3.8) is 0 Å². The van der Waals surface area contributed by atoms with E-state index in [1.807, 2.05) is 16.8 Å². The van der Waals surface area contributed by atoms with Crippen LogP contribution in [0.15, 0.2) is 76.8 Å². The van der Waals surface area contributed by atoms with Crippen LogP contribution in [-0.2, 0) is 22.8 Å². The first-order valence-corrected chi connectivity index (χ1v) is 15.1. The van der Waals surface area contributed by atoms with Crippen LogP contribution in [-0.4, -0.2) is 63.6 Å². The zero-order chi connectivity index (χ0) is 28.3. The maximum Gasteiger partial charge on any atom is 0.270 e. The smallest absolute Gasteiger partial charge is 0.270 e. The average molecular weight is 579 g/mol. The molecule has 0 aliphatic rings. The number of sulfone groups is 1. The molecular formula is C27H26N6O5S2.